The van der Waals surface area contributed by atoms with Crippen LogP contribution in [0.2, 0.25) is 0 Å². The summed E-state index contributed by atoms with van der Waals surface area (Å²) in [6, 6.07) is 16.4. The van der Waals surface area contributed by atoms with Gasteiger partial charge < -0.3 is 4.74 Å². The Hall–Kier alpha value is 0.820. The van der Waals surface area contributed by atoms with Crippen LogP contribution in [0.5, 0.6) is 11.5 Å². The van der Waals surface area contributed by atoms with E-state index in [-0.39, 0.29) is 14.6 Å². The van der Waals surface area contributed by atoms with E-state index in [0.29, 0.717) is 0 Å². The highest BCUT2D eigenvalue weighted by molar-refractivity contribution is 8.47. The van der Waals surface area contributed by atoms with Crippen LogP contribution in [-0.4, -0.2) is 0 Å². The number of rotatable bonds is 4. The average Bonchev–Trinajstić information content (AvgIpc) is 2.39. The maximum atomic E-state index is 6.14. The molecule has 7 heteroatoms. The molecule has 1 nitrogen and oxygen atoms in total. The predicted octanol–water partition coefficient (Wildman–Crippen LogP) is 4.85. The summed E-state index contributed by atoms with van der Waals surface area (Å²) in [4.78, 5) is 0. The van der Waals surface area contributed by atoms with Crippen LogP contribution in [0.3, 0.4) is 0 Å². The summed E-state index contributed by atoms with van der Waals surface area (Å²) in [5.41, 5.74) is 0. The largest absolute Gasteiger partial charge is 0.456 e. The zero-order valence-electron chi connectivity index (χ0n) is 10.2. The Bertz CT molecular complexity index is 508. The molecule has 0 spiro atoms. The van der Waals surface area contributed by atoms with Crippen molar-refractivity contribution in [2.75, 3.05) is 0 Å². The number of para-hydroxylation sites is 2. The predicted molar refractivity (Wildman–Crippen MR) is 105 cm³/mol. The standard InChI is InChI=1S/C12H16OP6/c14-18(15)11-7-3-1-5-9(11)13-10-6-2-4-8-12(10)19(16)17/h1-8H,14-17H2. The summed E-state index contributed by atoms with van der Waals surface area (Å²) in [5, 5.41) is 2.47. The first-order valence-corrected chi connectivity index (χ1v) is 14.7. The van der Waals surface area contributed by atoms with Crippen molar-refractivity contribution < 1.29 is 4.74 Å². The third-order valence-corrected chi connectivity index (χ3v) is 7.70. The molecular weight excluding hydrogens is 346 g/mol. The van der Waals surface area contributed by atoms with Gasteiger partial charge in [0.2, 0.25) is 0 Å². The van der Waals surface area contributed by atoms with Gasteiger partial charge in [-0.3, -0.25) is 0 Å². The molecule has 0 aliphatic carbocycles. The molecule has 0 aromatic heterocycles. The molecule has 2 rings (SSSR count). The van der Waals surface area contributed by atoms with E-state index in [1.165, 1.54) is 10.6 Å². The zero-order valence-corrected chi connectivity index (χ0v) is 16.6. The van der Waals surface area contributed by atoms with Gasteiger partial charge in [0.25, 0.3) is 0 Å². The van der Waals surface area contributed by atoms with E-state index in [4.69, 9.17) is 4.74 Å². The molecular formula is C12H16OP6. The second-order valence-corrected chi connectivity index (χ2v) is 16.7. The highest BCUT2D eigenvalue weighted by Gasteiger charge is 2.11. The lowest BCUT2D eigenvalue weighted by atomic mass is 10.3. The SMILES string of the molecule is PP(P)c1ccccc1Oc1ccccc1P(P)P. The highest BCUT2D eigenvalue weighted by Crippen LogP contribution is 2.55. The van der Waals surface area contributed by atoms with Gasteiger partial charge in [0.05, 0.1) is 0 Å². The molecule has 2 aromatic rings. The maximum Gasteiger partial charge on any atom is 0.135 e. The lowest BCUT2D eigenvalue weighted by Crippen LogP contribution is -2.05. The molecule has 2 aromatic carbocycles. The lowest BCUT2D eigenvalue weighted by Gasteiger charge is -2.17. The molecule has 0 aliphatic rings. The fraction of sp³-hybridized carbons (Fsp3) is 0. The summed E-state index contributed by atoms with van der Waals surface area (Å²) < 4.78 is 6.14. The minimum atomic E-state index is -0.334. The van der Waals surface area contributed by atoms with E-state index in [1.54, 1.807) is 0 Å². The van der Waals surface area contributed by atoms with Crippen LogP contribution in [0.4, 0.5) is 0 Å². The molecule has 0 radical (unpaired) electrons. The Morgan fingerprint density at radius 2 is 1.00 bits per heavy atom. The third-order valence-electron chi connectivity index (χ3n) is 2.51. The Morgan fingerprint density at radius 3 is 1.37 bits per heavy atom. The summed E-state index contributed by atoms with van der Waals surface area (Å²) >= 11 is 0. The maximum absolute atomic E-state index is 6.14. The van der Waals surface area contributed by atoms with E-state index in [0.717, 1.165) is 11.5 Å². The van der Waals surface area contributed by atoms with Crippen LogP contribution in [0.1, 0.15) is 0 Å². The minimum Gasteiger partial charge on any atom is -0.456 e. The smallest absolute Gasteiger partial charge is 0.135 e. The van der Waals surface area contributed by atoms with Gasteiger partial charge in [0.15, 0.2) is 0 Å². The van der Waals surface area contributed by atoms with Crippen LogP contribution in [0, 0.1) is 0 Å². The topological polar surface area (TPSA) is 9.23 Å². The molecule has 0 fully saturated rings. The fourth-order valence-corrected chi connectivity index (χ4v) is 5.46. The van der Waals surface area contributed by atoms with Crippen molar-refractivity contribution in [3.63, 3.8) is 0 Å². The van der Waals surface area contributed by atoms with Crippen molar-refractivity contribution in [2.24, 2.45) is 0 Å². The quantitative estimate of drug-likeness (QED) is 0.707. The molecule has 4 atom stereocenters. The van der Waals surface area contributed by atoms with Crippen molar-refractivity contribution in [2.45, 2.75) is 0 Å². The van der Waals surface area contributed by atoms with Crippen molar-refractivity contribution in [1.82, 2.24) is 0 Å². The Morgan fingerprint density at radius 1 is 0.632 bits per heavy atom. The molecule has 4 unspecified atom stereocenters. The molecule has 19 heavy (non-hydrogen) atoms. The zero-order chi connectivity index (χ0) is 13.8. The minimum absolute atomic E-state index is 0.334. The van der Waals surface area contributed by atoms with Crippen LogP contribution in [-0.2, 0) is 0 Å². The van der Waals surface area contributed by atoms with Gasteiger partial charge in [-0.1, -0.05) is 36.4 Å². The van der Waals surface area contributed by atoms with E-state index >= 15 is 0 Å². The first kappa shape index (κ1) is 16.2. The first-order chi connectivity index (χ1) is 9.09. The van der Waals surface area contributed by atoms with Gasteiger partial charge in [-0.2, -0.15) is 0 Å². The van der Waals surface area contributed by atoms with Crippen molar-refractivity contribution >= 4 is 60.9 Å². The van der Waals surface area contributed by atoms with Crippen LogP contribution < -0.4 is 15.3 Å². The van der Waals surface area contributed by atoms with Crippen molar-refractivity contribution in [3.8, 4) is 11.5 Å². The Labute approximate surface area is 126 Å². The van der Waals surface area contributed by atoms with Crippen molar-refractivity contribution in [3.05, 3.63) is 48.5 Å². The summed E-state index contributed by atoms with van der Waals surface area (Å²) in [6.07, 6.45) is 0. The average molecular weight is 362 g/mol. The van der Waals surface area contributed by atoms with Crippen molar-refractivity contribution in [1.29, 1.82) is 0 Å². The monoisotopic (exact) mass is 362 g/mol. The molecule has 0 aliphatic heterocycles. The highest BCUT2D eigenvalue weighted by atomic mass is 32.4. The van der Waals surface area contributed by atoms with Gasteiger partial charge in [-0.05, 0) is 26.7 Å². The summed E-state index contributed by atoms with van der Waals surface area (Å²) in [7, 11) is 10.7. The number of benzene rings is 2. The number of hydrogen-bond donors (Lipinski definition) is 0. The summed E-state index contributed by atoms with van der Waals surface area (Å²) in [6.45, 7) is 0. The molecule has 0 saturated heterocycles. The molecule has 0 amide bonds. The van der Waals surface area contributed by atoms with Gasteiger partial charge in [0.1, 0.15) is 11.5 Å². The lowest BCUT2D eigenvalue weighted by molar-refractivity contribution is 0.491. The first-order valence-electron chi connectivity index (χ1n) is 5.54. The number of ether oxygens (including phenoxy) is 1. The van der Waals surface area contributed by atoms with E-state index in [2.05, 4.69) is 60.0 Å². The van der Waals surface area contributed by atoms with E-state index < -0.39 is 0 Å². The fourth-order valence-electron chi connectivity index (χ4n) is 1.63. The molecule has 0 saturated carbocycles. The second kappa shape index (κ2) is 7.72. The van der Waals surface area contributed by atoms with Gasteiger partial charge in [-0.25, -0.2) is 0 Å². The molecule has 0 bridgehead atoms. The van der Waals surface area contributed by atoms with Gasteiger partial charge in [0, 0.05) is 10.6 Å². The van der Waals surface area contributed by atoms with E-state index in [1.807, 2.05) is 24.3 Å². The molecule has 0 N–H and O–H groups in total. The van der Waals surface area contributed by atoms with Crippen LogP contribution in [0.25, 0.3) is 0 Å². The van der Waals surface area contributed by atoms with Gasteiger partial charge >= 0.3 is 0 Å². The van der Waals surface area contributed by atoms with Gasteiger partial charge in [-0.15, -0.1) is 35.7 Å². The second-order valence-electron chi connectivity index (χ2n) is 3.85. The Balaban J connectivity index is 2.37. The number of hydrogen-bond acceptors (Lipinski definition) is 1. The summed E-state index contributed by atoms with van der Waals surface area (Å²) in [5.74, 6) is 1.89. The van der Waals surface area contributed by atoms with E-state index in [9.17, 15) is 0 Å². The third kappa shape index (κ3) is 4.39. The van der Waals surface area contributed by atoms with Crippen LogP contribution >= 0.6 is 50.3 Å². The molecule has 100 valence electrons. The Kier molecular flexibility index (Phi) is 6.58. The van der Waals surface area contributed by atoms with Crippen LogP contribution in [0.15, 0.2) is 48.5 Å². The molecule has 0 heterocycles. The normalized spacial score (nSPS) is 11.1.